The van der Waals surface area contributed by atoms with Gasteiger partial charge in [0, 0.05) is 10.6 Å². The minimum absolute atomic E-state index is 0.257. The van der Waals surface area contributed by atoms with Gasteiger partial charge in [-0.3, -0.25) is 0 Å². The van der Waals surface area contributed by atoms with E-state index in [1.54, 1.807) is 11.3 Å². The van der Waals surface area contributed by atoms with Crippen molar-refractivity contribution in [2.75, 3.05) is 17.2 Å². The maximum Gasteiger partial charge on any atom is 0.341 e. The molecule has 0 saturated carbocycles. The van der Waals surface area contributed by atoms with Crippen molar-refractivity contribution in [2.24, 2.45) is 0 Å². The summed E-state index contributed by atoms with van der Waals surface area (Å²) in [6.07, 6.45) is 5.44. The Morgan fingerprint density at radius 2 is 2.04 bits per heavy atom. The molecule has 2 N–H and O–H groups in total. The average Bonchev–Trinajstić information content (AvgIpc) is 2.76. The van der Waals surface area contributed by atoms with E-state index in [-0.39, 0.29) is 5.97 Å². The van der Waals surface area contributed by atoms with Gasteiger partial charge in [0.2, 0.25) is 0 Å². The van der Waals surface area contributed by atoms with Gasteiger partial charge in [0.25, 0.3) is 0 Å². The number of ether oxygens (including phenoxy) is 1. The van der Waals surface area contributed by atoms with Crippen LogP contribution in [0.25, 0.3) is 0 Å². The van der Waals surface area contributed by atoms with Crippen LogP contribution in [0.5, 0.6) is 0 Å². The zero-order valence-corrected chi connectivity index (χ0v) is 16.8. The molecule has 1 aromatic carbocycles. The van der Waals surface area contributed by atoms with Gasteiger partial charge in [-0.2, -0.15) is 0 Å². The summed E-state index contributed by atoms with van der Waals surface area (Å²) >= 11 is 7.10. The lowest BCUT2D eigenvalue weighted by molar-refractivity contribution is 0.0527. The van der Waals surface area contributed by atoms with E-state index in [1.165, 1.54) is 17.7 Å². The molecule has 0 saturated heterocycles. The number of hydrogen-bond acceptors (Lipinski definition) is 4. The lowest BCUT2D eigenvalue weighted by Gasteiger charge is -2.12. The minimum Gasteiger partial charge on any atom is -0.462 e. The number of thiophene rings is 1. The summed E-state index contributed by atoms with van der Waals surface area (Å²) in [6, 6.07) is 8.02. The zero-order chi connectivity index (χ0) is 18.5. The highest BCUT2D eigenvalue weighted by atomic mass is 32.1. The normalized spacial score (nSPS) is 13.5. The van der Waals surface area contributed by atoms with Gasteiger partial charge < -0.3 is 15.4 Å². The molecule has 26 heavy (non-hydrogen) atoms. The van der Waals surface area contributed by atoms with Crippen LogP contribution >= 0.6 is 23.6 Å². The van der Waals surface area contributed by atoms with Crippen LogP contribution in [0.15, 0.2) is 24.3 Å². The van der Waals surface area contributed by atoms with Crippen molar-refractivity contribution in [3.63, 3.8) is 0 Å². The number of benzene rings is 1. The number of anilines is 2. The van der Waals surface area contributed by atoms with E-state index >= 15 is 0 Å². The Bertz CT molecular complexity index is 814. The highest BCUT2D eigenvalue weighted by molar-refractivity contribution is 7.80. The van der Waals surface area contributed by atoms with E-state index in [1.807, 2.05) is 38.1 Å². The SMILES string of the molecule is CCOC(=O)c1c(NC(=S)Nc2cccc(C)c2)sc2c1CCCCC2. The van der Waals surface area contributed by atoms with Crippen molar-refractivity contribution in [3.05, 3.63) is 45.8 Å². The number of rotatable bonds is 4. The van der Waals surface area contributed by atoms with Crippen molar-refractivity contribution in [3.8, 4) is 0 Å². The summed E-state index contributed by atoms with van der Waals surface area (Å²) in [4.78, 5) is 13.9. The Hall–Kier alpha value is -1.92. The second-order valence-electron chi connectivity index (χ2n) is 6.44. The van der Waals surface area contributed by atoms with Gasteiger partial charge in [-0.05, 0) is 75.0 Å². The number of hydrogen-bond donors (Lipinski definition) is 2. The van der Waals surface area contributed by atoms with Crippen LogP contribution in [-0.2, 0) is 17.6 Å². The smallest absolute Gasteiger partial charge is 0.341 e. The molecule has 0 aliphatic heterocycles. The molecule has 1 aliphatic rings. The Morgan fingerprint density at radius 1 is 1.23 bits per heavy atom. The van der Waals surface area contributed by atoms with E-state index in [4.69, 9.17) is 17.0 Å². The number of carbonyl (C=O) groups excluding carboxylic acids is 1. The summed E-state index contributed by atoms with van der Waals surface area (Å²) < 4.78 is 5.31. The largest absolute Gasteiger partial charge is 0.462 e. The number of fused-ring (bicyclic) bond motifs is 1. The fourth-order valence-electron chi connectivity index (χ4n) is 3.24. The zero-order valence-electron chi connectivity index (χ0n) is 15.2. The Balaban J connectivity index is 1.84. The van der Waals surface area contributed by atoms with E-state index < -0.39 is 0 Å². The van der Waals surface area contributed by atoms with Gasteiger partial charge in [0.15, 0.2) is 5.11 Å². The van der Waals surface area contributed by atoms with E-state index in [2.05, 4.69) is 10.6 Å². The van der Waals surface area contributed by atoms with E-state index in [0.29, 0.717) is 17.3 Å². The Morgan fingerprint density at radius 3 is 2.81 bits per heavy atom. The third kappa shape index (κ3) is 4.43. The van der Waals surface area contributed by atoms with Crippen molar-refractivity contribution in [1.29, 1.82) is 0 Å². The second kappa shape index (κ2) is 8.64. The summed E-state index contributed by atoms with van der Waals surface area (Å²) in [5.41, 5.74) is 3.90. The first-order valence-electron chi connectivity index (χ1n) is 9.04. The molecule has 1 heterocycles. The second-order valence-corrected chi connectivity index (χ2v) is 7.95. The number of carbonyl (C=O) groups is 1. The molecule has 0 unspecified atom stereocenters. The molecule has 1 aromatic heterocycles. The molecule has 0 radical (unpaired) electrons. The van der Waals surface area contributed by atoms with Crippen molar-refractivity contribution in [2.45, 2.75) is 46.0 Å². The molecule has 0 amide bonds. The molecule has 138 valence electrons. The first-order valence-corrected chi connectivity index (χ1v) is 10.3. The number of aryl methyl sites for hydroxylation is 2. The maximum atomic E-state index is 12.6. The molecule has 0 atom stereocenters. The van der Waals surface area contributed by atoms with Crippen LogP contribution in [0, 0.1) is 6.92 Å². The summed E-state index contributed by atoms with van der Waals surface area (Å²) in [7, 11) is 0. The van der Waals surface area contributed by atoms with Crippen LogP contribution in [-0.4, -0.2) is 17.7 Å². The first-order chi connectivity index (χ1) is 12.6. The maximum absolute atomic E-state index is 12.6. The van der Waals surface area contributed by atoms with Gasteiger partial charge >= 0.3 is 5.97 Å². The van der Waals surface area contributed by atoms with Crippen LogP contribution in [0.3, 0.4) is 0 Å². The first kappa shape index (κ1) is 18.9. The van der Waals surface area contributed by atoms with E-state index in [0.717, 1.165) is 41.1 Å². The monoisotopic (exact) mass is 388 g/mol. The third-order valence-corrected chi connectivity index (χ3v) is 5.82. The van der Waals surface area contributed by atoms with Gasteiger partial charge in [-0.1, -0.05) is 18.6 Å². The van der Waals surface area contributed by atoms with Crippen LogP contribution in [0.4, 0.5) is 10.7 Å². The standard InChI is InChI=1S/C20H24N2O2S2/c1-3-24-19(23)17-15-10-5-4-6-11-16(15)26-18(17)22-20(25)21-14-9-7-8-13(2)12-14/h7-9,12H,3-6,10-11H2,1-2H3,(H2,21,22,25). The van der Waals surface area contributed by atoms with E-state index in [9.17, 15) is 4.79 Å². The molecular weight excluding hydrogens is 364 g/mol. The molecule has 0 spiro atoms. The van der Waals surface area contributed by atoms with Gasteiger partial charge in [-0.25, -0.2) is 4.79 Å². The topological polar surface area (TPSA) is 50.4 Å². The third-order valence-electron chi connectivity index (χ3n) is 4.40. The van der Waals surface area contributed by atoms with Gasteiger partial charge in [-0.15, -0.1) is 11.3 Å². The predicted molar refractivity (Wildman–Crippen MR) is 113 cm³/mol. The summed E-state index contributed by atoms with van der Waals surface area (Å²) in [5, 5.41) is 7.71. The Kier molecular flexibility index (Phi) is 6.27. The number of esters is 1. The quantitative estimate of drug-likeness (QED) is 0.422. The van der Waals surface area contributed by atoms with Crippen molar-refractivity contribution in [1.82, 2.24) is 0 Å². The average molecular weight is 389 g/mol. The van der Waals surface area contributed by atoms with Crippen LogP contribution < -0.4 is 10.6 Å². The summed E-state index contributed by atoms with van der Waals surface area (Å²) in [6.45, 7) is 4.24. The Labute approximate surface area is 164 Å². The fourth-order valence-corrected chi connectivity index (χ4v) is 4.80. The minimum atomic E-state index is -0.257. The van der Waals surface area contributed by atoms with Gasteiger partial charge in [0.1, 0.15) is 5.00 Å². The van der Waals surface area contributed by atoms with Crippen molar-refractivity contribution < 1.29 is 9.53 Å². The highest BCUT2D eigenvalue weighted by Gasteiger charge is 2.26. The lowest BCUT2D eigenvalue weighted by Crippen LogP contribution is -2.20. The molecule has 6 heteroatoms. The fraction of sp³-hybridized carbons (Fsp3) is 0.400. The predicted octanol–water partition coefficient (Wildman–Crippen LogP) is 5.31. The molecule has 1 aliphatic carbocycles. The van der Waals surface area contributed by atoms with Crippen LogP contribution in [0.2, 0.25) is 0 Å². The molecule has 0 fully saturated rings. The lowest BCUT2D eigenvalue weighted by atomic mass is 10.1. The van der Waals surface area contributed by atoms with Crippen molar-refractivity contribution >= 4 is 45.3 Å². The molecule has 2 aromatic rings. The molecule has 3 rings (SSSR count). The number of thiocarbonyl (C=S) groups is 1. The summed E-state index contributed by atoms with van der Waals surface area (Å²) in [5.74, 6) is -0.257. The van der Waals surface area contributed by atoms with Crippen LogP contribution in [0.1, 0.15) is 52.5 Å². The molecule has 0 bridgehead atoms. The molecule has 4 nitrogen and oxygen atoms in total. The molecular formula is C20H24N2O2S2. The van der Waals surface area contributed by atoms with Gasteiger partial charge in [0.05, 0.1) is 12.2 Å². The highest BCUT2D eigenvalue weighted by Crippen LogP contribution is 2.38. The number of nitrogens with one attached hydrogen (secondary N) is 2.